The molecule has 0 saturated heterocycles. The molecule has 0 spiro atoms. The first-order chi connectivity index (χ1) is 16.0. The Labute approximate surface area is 196 Å². The van der Waals surface area contributed by atoms with Gasteiger partial charge in [-0.25, -0.2) is 9.78 Å². The average Bonchev–Trinajstić information content (AvgIpc) is 2.74. The Kier molecular flexibility index (Phi) is 7.51. The molecule has 0 radical (unpaired) electrons. The summed E-state index contributed by atoms with van der Waals surface area (Å²) in [6, 6.07) is 10.0. The van der Waals surface area contributed by atoms with Gasteiger partial charge < -0.3 is 26.8 Å². The number of anilines is 4. The van der Waals surface area contributed by atoms with Crippen molar-refractivity contribution in [3.05, 3.63) is 59.3 Å². The summed E-state index contributed by atoms with van der Waals surface area (Å²) in [6.07, 6.45) is 1.33. The van der Waals surface area contributed by atoms with Crippen LogP contribution >= 0.6 is 0 Å². The fraction of sp³-hybridized carbons (Fsp3) is 0.227. The molecule has 1 aromatic heterocycles. The van der Waals surface area contributed by atoms with Crippen LogP contribution in [0.4, 0.5) is 31.8 Å². The molecule has 0 unspecified atom stereocenters. The third kappa shape index (κ3) is 6.54. The lowest BCUT2D eigenvalue weighted by Gasteiger charge is -2.11. The zero-order valence-electron chi connectivity index (χ0n) is 18.6. The fourth-order valence-corrected chi connectivity index (χ4v) is 3.98. The van der Waals surface area contributed by atoms with E-state index in [1.165, 1.54) is 19.1 Å². The van der Waals surface area contributed by atoms with Crippen molar-refractivity contribution in [3.63, 3.8) is 0 Å². The summed E-state index contributed by atoms with van der Waals surface area (Å²) in [5.74, 6) is 1.13. The Morgan fingerprint density at radius 3 is 2.32 bits per heavy atom. The number of hydrogen-bond acceptors (Lipinski definition) is 8. The van der Waals surface area contributed by atoms with E-state index in [1.807, 2.05) is 6.92 Å². The summed E-state index contributed by atoms with van der Waals surface area (Å²) in [7, 11) is -4.89. The van der Waals surface area contributed by atoms with Gasteiger partial charge in [0.25, 0.3) is 0 Å². The topological polar surface area (TPSA) is 162 Å². The van der Waals surface area contributed by atoms with E-state index in [0.29, 0.717) is 36.7 Å². The number of nitrogens with one attached hydrogen (secondary N) is 2. The first-order valence-electron chi connectivity index (χ1n) is 10.3. The molecule has 180 valence electrons. The van der Waals surface area contributed by atoms with Gasteiger partial charge in [-0.05, 0) is 68.7 Å². The van der Waals surface area contributed by atoms with Crippen LogP contribution in [0.25, 0.3) is 0 Å². The van der Waals surface area contributed by atoms with E-state index in [2.05, 4.69) is 20.6 Å². The van der Waals surface area contributed by atoms with E-state index in [9.17, 15) is 17.1 Å². The SMILES string of the molecule is Cc1ccc(NC(=O)Nc2ccc(OCCCc3c(C)nc(N)nc3N)cc2)cc1S(=O)(=O)F. The fourth-order valence-electron chi connectivity index (χ4n) is 3.26. The highest BCUT2D eigenvalue weighted by molar-refractivity contribution is 7.86. The smallest absolute Gasteiger partial charge is 0.332 e. The highest BCUT2D eigenvalue weighted by Gasteiger charge is 2.16. The van der Waals surface area contributed by atoms with Crippen LogP contribution in [-0.2, 0) is 16.6 Å². The van der Waals surface area contributed by atoms with Gasteiger partial charge >= 0.3 is 16.3 Å². The number of amides is 2. The zero-order chi connectivity index (χ0) is 24.9. The van der Waals surface area contributed by atoms with Crippen LogP contribution in [0.5, 0.6) is 5.75 Å². The van der Waals surface area contributed by atoms with Crippen LogP contribution in [0.1, 0.15) is 23.2 Å². The summed E-state index contributed by atoms with van der Waals surface area (Å²) in [5, 5.41) is 5.08. The van der Waals surface area contributed by atoms with Crippen molar-refractivity contribution in [2.75, 3.05) is 28.7 Å². The molecule has 10 nitrogen and oxygen atoms in total. The number of carbonyl (C=O) groups excluding carboxylic acids is 1. The van der Waals surface area contributed by atoms with Crippen LogP contribution in [0.2, 0.25) is 0 Å². The van der Waals surface area contributed by atoms with Crippen LogP contribution < -0.4 is 26.8 Å². The van der Waals surface area contributed by atoms with Gasteiger partial charge in [0.15, 0.2) is 0 Å². The molecule has 0 bridgehead atoms. The largest absolute Gasteiger partial charge is 0.494 e. The van der Waals surface area contributed by atoms with Crippen molar-refractivity contribution < 1.29 is 21.8 Å². The van der Waals surface area contributed by atoms with Crippen molar-refractivity contribution in [1.29, 1.82) is 0 Å². The average molecular weight is 489 g/mol. The minimum atomic E-state index is -4.89. The van der Waals surface area contributed by atoms with E-state index in [1.54, 1.807) is 24.3 Å². The normalized spacial score (nSPS) is 11.1. The predicted molar refractivity (Wildman–Crippen MR) is 128 cm³/mol. The number of rotatable bonds is 8. The third-order valence-electron chi connectivity index (χ3n) is 4.92. The van der Waals surface area contributed by atoms with Crippen LogP contribution in [0.3, 0.4) is 0 Å². The Morgan fingerprint density at radius 1 is 1.03 bits per heavy atom. The molecule has 0 saturated carbocycles. The summed E-state index contributed by atoms with van der Waals surface area (Å²) in [5.41, 5.74) is 13.9. The number of aromatic nitrogens is 2. The summed E-state index contributed by atoms with van der Waals surface area (Å²) in [4.78, 5) is 19.8. The zero-order valence-corrected chi connectivity index (χ0v) is 19.4. The minimum absolute atomic E-state index is 0.140. The second-order valence-electron chi connectivity index (χ2n) is 7.50. The van der Waals surface area contributed by atoms with Gasteiger partial charge in [0.05, 0.1) is 6.61 Å². The van der Waals surface area contributed by atoms with E-state index in [0.717, 1.165) is 17.3 Å². The van der Waals surface area contributed by atoms with E-state index < -0.39 is 21.1 Å². The standard InChI is InChI=1S/C22H25FN6O4S/c1-13-5-6-16(12-19(13)34(23,31)32)28-22(30)27-15-7-9-17(10-8-15)33-11-3-4-18-14(2)26-21(25)29-20(18)24/h5-10,12H,3-4,11H2,1-2H3,(H2,27,28,30)(H4,24,25,26,29). The summed E-state index contributed by atoms with van der Waals surface area (Å²) >= 11 is 0. The minimum Gasteiger partial charge on any atom is -0.494 e. The number of benzene rings is 2. The third-order valence-corrected chi connectivity index (χ3v) is 5.89. The molecule has 3 rings (SSSR count). The van der Waals surface area contributed by atoms with Crippen molar-refractivity contribution in [3.8, 4) is 5.75 Å². The van der Waals surface area contributed by atoms with Gasteiger partial charge in [-0.2, -0.15) is 13.4 Å². The Morgan fingerprint density at radius 2 is 1.68 bits per heavy atom. The molecule has 2 aromatic carbocycles. The molecule has 2 amide bonds. The Balaban J connectivity index is 1.50. The Hall–Kier alpha value is -3.93. The maximum absolute atomic E-state index is 13.3. The number of nitrogens with two attached hydrogens (primary N) is 2. The predicted octanol–water partition coefficient (Wildman–Crippen LogP) is 3.57. The lowest BCUT2D eigenvalue weighted by atomic mass is 10.1. The maximum atomic E-state index is 13.3. The van der Waals surface area contributed by atoms with Crippen LogP contribution in [-0.4, -0.2) is 31.0 Å². The highest BCUT2D eigenvalue weighted by Crippen LogP contribution is 2.23. The van der Waals surface area contributed by atoms with Crippen LogP contribution in [0, 0.1) is 13.8 Å². The first-order valence-corrected chi connectivity index (χ1v) is 11.7. The first kappa shape index (κ1) is 24.7. The van der Waals surface area contributed by atoms with Crippen molar-refractivity contribution >= 4 is 39.4 Å². The molecule has 1 heterocycles. The van der Waals surface area contributed by atoms with Gasteiger partial charge in [0.1, 0.15) is 16.5 Å². The molecule has 0 atom stereocenters. The summed E-state index contributed by atoms with van der Waals surface area (Å²) in [6.45, 7) is 3.72. The molecule has 6 N–H and O–H groups in total. The van der Waals surface area contributed by atoms with Gasteiger partial charge in [-0.15, -0.1) is 3.89 Å². The number of hydrogen-bond donors (Lipinski definition) is 4. The second-order valence-corrected chi connectivity index (χ2v) is 8.82. The highest BCUT2D eigenvalue weighted by atomic mass is 32.3. The van der Waals surface area contributed by atoms with Gasteiger partial charge in [-0.3, -0.25) is 0 Å². The number of urea groups is 1. The second kappa shape index (κ2) is 10.3. The number of halogens is 1. The molecule has 34 heavy (non-hydrogen) atoms. The molecular formula is C22H25FN6O4S. The monoisotopic (exact) mass is 488 g/mol. The summed E-state index contributed by atoms with van der Waals surface area (Å²) < 4.78 is 41.5. The maximum Gasteiger partial charge on any atom is 0.332 e. The van der Waals surface area contributed by atoms with E-state index in [4.69, 9.17) is 16.2 Å². The molecule has 0 fully saturated rings. The van der Waals surface area contributed by atoms with E-state index in [-0.39, 0.29) is 17.2 Å². The number of nitrogens with zero attached hydrogens (tertiary/aromatic N) is 2. The number of nitrogen functional groups attached to an aromatic ring is 2. The molecule has 0 aliphatic carbocycles. The molecular weight excluding hydrogens is 463 g/mol. The lowest BCUT2D eigenvalue weighted by molar-refractivity contribution is 0.262. The molecule has 0 aliphatic rings. The lowest BCUT2D eigenvalue weighted by Crippen LogP contribution is -2.19. The van der Waals surface area contributed by atoms with Crippen LogP contribution in [0.15, 0.2) is 47.4 Å². The molecule has 12 heteroatoms. The quantitative estimate of drug-likeness (QED) is 0.276. The number of aryl methyl sites for hydroxylation is 2. The Bertz CT molecular complexity index is 1280. The van der Waals surface area contributed by atoms with Gasteiger partial charge in [0, 0.05) is 22.6 Å². The van der Waals surface area contributed by atoms with Gasteiger partial charge in [-0.1, -0.05) is 6.07 Å². The molecule has 0 aliphatic heterocycles. The van der Waals surface area contributed by atoms with E-state index >= 15 is 0 Å². The van der Waals surface area contributed by atoms with Crippen molar-refractivity contribution in [1.82, 2.24) is 9.97 Å². The number of carbonyl (C=O) groups is 1. The van der Waals surface area contributed by atoms with Crippen molar-refractivity contribution in [2.24, 2.45) is 0 Å². The number of ether oxygens (including phenoxy) is 1. The molecule has 3 aromatic rings. The van der Waals surface area contributed by atoms with Gasteiger partial charge in [0.2, 0.25) is 5.95 Å². The van der Waals surface area contributed by atoms with Crippen molar-refractivity contribution in [2.45, 2.75) is 31.6 Å².